The van der Waals surface area contributed by atoms with Crippen LogP contribution in [0, 0.1) is 0 Å². The maximum atomic E-state index is 12.2. The first-order valence-electron chi connectivity index (χ1n) is 6.56. The molecule has 2 amide bonds. The van der Waals surface area contributed by atoms with Crippen LogP contribution in [0.25, 0.3) is 0 Å². The summed E-state index contributed by atoms with van der Waals surface area (Å²) in [7, 11) is 0. The Morgan fingerprint density at radius 1 is 1.35 bits per heavy atom. The van der Waals surface area contributed by atoms with Gasteiger partial charge in [-0.15, -0.1) is 0 Å². The molecule has 0 aliphatic heterocycles. The highest BCUT2D eigenvalue weighted by Crippen LogP contribution is 2.20. The van der Waals surface area contributed by atoms with Gasteiger partial charge >= 0.3 is 12.0 Å². The van der Waals surface area contributed by atoms with Crippen LogP contribution in [-0.2, 0) is 4.79 Å². The zero-order chi connectivity index (χ0) is 15.1. The number of rotatable bonds is 6. The lowest BCUT2D eigenvalue weighted by Crippen LogP contribution is -2.45. The molecule has 0 radical (unpaired) electrons. The number of benzene rings is 1. The number of carbonyl (C=O) groups excluding carboxylic acids is 1. The normalized spacial score (nSPS) is 11.7. The molecule has 1 atom stereocenters. The maximum absolute atomic E-state index is 12.2. The van der Waals surface area contributed by atoms with E-state index in [1.54, 1.807) is 12.1 Å². The molecule has 1 unspecified atom stereocenters. The second-order valence-corrected chi connectivity index (χ2v) is 4.42. The van der Waals surface area contributed by atoms with Gasteiger partial charge in [0.2, 0.25) is 0 Å². The van der Waals surface area contributed by atoms with Gasteiger partial charge in [0, 0.05) is 24.3 Å². The highest BCUT2D eigenvalue weighted by Gasteiger charge is 2.19. The average Bonchev–Trinajstić information content (AvgIpc) is 2.38. The fourth-order valence-electron chi connectivity index (χ4n) is 1.87. The molecule has 0 aliphatic rings. The van der Waals surface area contributed by atoms with Crippen LogP contribution in [0.5, 0.6) is 5.75 Å². The Labute approximate surface area is 118 Å². The van der Waals surface area contributed by atoms with E-state index in [4.69, 9.17) is 5.11 Å². The minimum Gasteiger partial charge on any atom is -0.508 e. The maximum Gasteiger partial charge on any atom is 0.322 e. The number of aromatic hydroxyl groups is 1. The lowest BCUT2D eigenvalue weighted by molar-refractivity contribution is -0.137. The van der Waals surface area contributed by atoms with Crippen LogP contribution in [0.4, 0.5) is 10.5 Å². The molecule has 6 heteroatoms. The zero-order valence-electron chi connectivity index (χ0n) is 11.7. The Balaban J connectivity index is 2.79. The van der Waals surface area contributed by atoms with Crippen LogP contribution in [0.3, 0.4) is 0 Å². The van der Waals surface area contributed by atoms with Crippen molar-refractivity contribution in [2.24, 2.45) is 0 Å². The summed E-state index contributed by atoms with van der Waals surface area (Å²) in [5, 5.41) is 20.9. The summed E-state index contributed by atoms with van der Waals surface area (Å²) in [5.41, 5.74) is 0.565. The van der Waals surface area contributed by atoms with Crippen LogP contribution < -0.4 is 10.2 Å². The Kier molecular flexibility index (Phi) is 5.83. The molecule has 0 aliphatic carbocycles. The van der Waals surface area contributed by atoms with E-state index >= 15 is 0 Å². The molecule has 1 rings (SSSR count). The minimum absolute atomic E-state index is 0.0753. The van der Waals surface area contributed by atoms with Crippen LogP contribution in [0.15, 0.2) is 24.3 Å². The van der Waals surface area contributed by atoms with Crippen LogP contribution in [0.2, 0.25) is 0 Å². The number of carboxylic acids is 1. The number of urea groups is 1. The topological polar surface area (TPSA) is 89.9 Å². The van der Waals surface area contributed by atoms with Gasteiger partial charge in [-0.3, -0.25) is 9.69 Å². The molecule has 0 saturated heterocycles. The third kappa shape index (κ3) is 4.46. The van der Waals surface area contributed by atoms with E-state index in [1.807, 2.05) is 13.8 Å². The highest BCUT2D eigenvalue weighted by molar-refractivity contribution is 5.92. The summed E-state index contributed by atoms with van der Waals surface area (Å²) >= 11 is 0. The molecule has 6 nitrogen and oxygen atoms in total. The summed E-state index contributed by atoms with van der Waals surface area (Å²) in [4.78, 5) is 24.3. The van der Waals surface area contributed by atoms with E-state index in [0.717, 1.165) is 0 Å². The van der Waals surface area contributed by atoms with Crippen molar-refractivity contribution in [2.75, 3.05) is 11.4 Å². The smallest absolute Gasteiger partial charge is 0.322 e. The van der Waals surface area contributed by atoms with Crippen molar-refractivity contribution in [3.63, 3.8) is 0 Å². The number of phenols is 1. The van der Waals surface area contributed by atoms with Gasteiger partial charge < -0.3 is 15.5 Å². The van der Waals surface area contributed by atoms with Crippen molar-refractivity contribution in [3.05, 3.63) is 24.3 Å². The largest absolute Gasteiger partial charge is 0.508 e. The van der Waals surface area contributed by atoms with Crippen molar-refractivity contribution in [1.82, 2.24) is 5.32 Å². The third-order valence-electron chi connectivity index (χ3n) is 2.94. The van der Waals surface area contributed by atoms with Crippen LogP contribution in [-0.4, -0.2) is 34.8 Å². The van der Waals surface area contributed by atoms with Gasteiger partial charge in [-0.25, -0.2) is 4.79 Å². The molecule has 0 heterocycles. The fraction of sp³-hybridized carbons (Fsp3) is 0.429. The molecule has 0 bridgehead atoms. The second-order valence-electron chi connectivity index (χ2n) is 4.42. The van der Waals surface area contributed by atoms with Gasteiger partial charge in [-0.1, -0.05) is 13.0 Å². The number of phenolic OH excluding ortho intramolecular Hbond substituents is 1. The number of hydrogen-bond acceptors (Lipinski definition) is 3. The molecule has 1 aromatic carbocycles. The fourth-order valence-corrected chi connectivity index (χ4v) is 1.87. The van der Waals surface area contributed by atoms with E-state index < -0.39 is 12.0 Å². The molecule has 1 aromatic rings. The Bertz CT molecular complexity index is 476. The van der Waals surface area contributed by atoms with Crippen molar-refractivity contribution in [1.29, 1.82) is 0 Å². The zero-order valence-corrected chi connectivity index (χ0v) is 11.7. The van der Waals surface area contributed by atoms with Crippen LogP contribution >= 0.6 is 0 Å². The quantitative estimate of drug-likeness (QED) is 0.745. The lowest BCUT2D eigenvalue weighted by atomic mass is 10.1. The SMILES string of the molecule is CCC(CC(=O)O)NC(=O)N(CC)c1cccc(O)c1. The van der Waals surface area contributed by atoms with Gasteiger partial charge in [0.1, 0.15) is 5.75 Å². The van der Waals surface area contributed by atoms with E-state index in [2.05, 4.69) is 5.32 Å². The van der Waals surface area contributed by atoms with Gasteiger partial charge in [-0.05, 0) is 25.5 Å². The molecule has 0 aromatic heterocycles. The van der Waals surface area contributed by atoms with Crippen molar-refractivity contribution < 1.29 is 19.8 Å². The van der Waals surface area contributed by atoms with E-state index in [0.29, 0.717) is 18.7 Å². The minimum atomic E-state index is -0.947. The molecule has 0 fully saturated rings. The van der Waals surface area contributed by atoms with E-state index in [-0.39, 0.29) is 18.2 Å². The predicted octanol–water partition coefficient (Wildman–Crippen LogP) is 2.18. The van der Waals surface area contributed by atoms with Gasteiger partial charge in [0.15, 0.2) is 0 Å². The standard InChI is InChI=1S/C14H20N2O4/c1-3-10(8-13(18)19)15-14(20)16(4-2)11-6-5-7-12(17)9-11/h5-7,9-10,17H,3-4,8H2,1-2H3,(H,15,20)(H,18,19). The summed E-state index contributed by atoms with van der Waals surface area (Å²) in [6.07, 6.45) is 0.426. The number of nitrogens with zero attached hydrogens (tertiary/aromatic N) is 1. The number of hydrogen-bond donors (Lipinski definition) is 3. The second kappa shape index (κ2) is 7.37. The number of carboxylic acid groups (broad SMARTS) is 1. The first kappa shape index (κ1) is 15.8. The number of amides is 2. The Morgan fingerprint density at radius 2 is 2.05 bits per heavy atom. The van der Waals surface area contributed by atoms with Gasteiger partial charge in [0.25, 0.3) is 0 Å². The van der Waals surface area contributed by atoms with Crippen molar-refractivity contribution in [3.8, 4) is 5.75 Å². The van der Waals surface area contributed by atoms with Gasteiger partial charge in [-0.2, -0.15) is 0 Å². The van der Waals surface area contributed by atoms with Crippen LogP contribution in [0.1, 0.15) is 26.7 Å². The Morgan fingerprint density at radius 3 is 2.55 bits per heavy atom. The molecule has 110 valence electrons. The van der Waals surface area contributed by atoms with E-state index in [9.17, 15) is 14.7 Å². The summed E-state index contributed by atoms with van der Waals surface area (Å²) in [6, 6.07) is 5.59. The highest BCUT2D eigenvalue weighted by atomic mass is 16.4. The number of nitrogens with one attached hydrogen (secondary N) is 1. The third-order valence-corrected chi connectivity index (χ3v) is 2.94. The van der Waals surface area contributed by atoms with Gasteiger partial charge in [0.05, 0.1) is 6.42 Å². The summed E-state index contributed by atoms with van der Waals surface area (Å²) < 4.78 is 0. The van der Waals surface area contributed by atoms with E-state index in [1.165, 1.54) is 17.0 Å². The molecule has 0 saturated carbocycles. The molecule has 20 heavy (non-hydrogen) atoms. The first-order chi connectivity index (χ1) is 9.47. The van der Waals surface area contributed by atoms with Crippen molar-refractivity contribution in [2.45, 2.75) is 32.7 Å². The molecule has 0 spiro atoms. The Hall–Kier alpha value is -2.24. The predicted molar refractivity (Wildman–Crippen MR) is 76.0 cm³/mol. The first-order valence-corrected chi connectivity index (χ1v) is 6.56. The number of anilines is 1. The average molecular weight is 280 g/mol. The molecule has 3 N–H and O–H groups in total. The molecular weight excluding hydrogens is 260 g/mol. The summed E-state index contributed by atoms with van der Waals surface area (Å²) in [6.45, 7) is 4.04. The number of aliphatic carboxylic acids is 1. The molecular formula is C14H20N2O4. The summed E-state index contributed by atoms with van der Waals surface area (Å²) in [5.74, 6) is -0.871. The lowest BCUT2D eigenvalue weighted by Gasteiger charge is -2.24. The monoisotopic (exact) mass is 280 g/mol. The van der Waals surface area contributed by atoms with Crippen molar-refractivity contribution >= 4 is 17.7 Å². The number of carbonyl (C=O) groups is 2.